The predicted molar refractivity (Wildman–Crippen MR) is 83.4 cm³/mol. The molecule has 0 radical (unpaired) electrons. The number of alkyl halides is 1. The van der Waals surface area contributed by atoms with Crippen LogP contribution in [0.2, 0.25) is 5.02 Å². The van der Waals surface area contributed by atoms with Crippen molar-refractivity contribution in [2.24, 2.45) is 0 Å². The van der Waals surface area contributed by atoms with Gasteiger partial charge in [0.25, 0.3) is 0 Å². The van der Waals surface area contributed by atoms with Crippen LogP contribution >= 0.6 is 23.2 Å². The van der Waals surface area contributed by atoms with Gasteiger partial charge in [-0.05, 0) is 42.3 Å². The normalized spacial score (nSPS) is 12.1. The maximum Gasteiger partial charge on any atom is 0.125 e. The zero-order valence-corrected chi connectivity index (χ0v) is 13.1. The van der Waals surface area contributed by atoms with E-state index in [9.17, 15) is 0 Å². The van der Waals surface area contributed by atoms with Gasteiger partial charge in [0.15, 0.2) is 0 Å². The van der Waals surface area contributed by atoms with E-state index in [0.717, 1.165) is 22.4 Å². The Morgan fingerprint density at radius 3 is 2.25 bits per heavy atom. The zero-order valence-electron chi connectivity index (χ0n) is 11.6. The van der Waals surface area contributed by atoms with Gasteiger partial charge in [0.1, 0.15) is 11.5 Å². The number of hydrogen-bond donors (Lipinski definition) is 0. The Balaban J connectivity index is 2.43. The topological polar surface area (TPSA) is 18.5 Å². The van der Waals surface area contributed by atoms with E-state index < -0.39 is 0 Å². The Morgan fingerprint density at radius 2 is 1.65 bits per heavy atom. The molecule has 2 aromatic carbocycles. The third-order valence-electron chi connectivity index (χ3n) is 3.22. The van der Waals surface area contributed by atoms with E-state index in [1.807, 2.05) is 37.3 Å². The first-order chi connectivity index (χ1) is 9.56. The predicted octanol–water partition coefficient (Wildman–Crippen LogP) is 4.99. The second-order valence-electron chi connectivity index (χ2n) is 4.47. The smallest absolute Gasteiger partial charge is 0.125 e. The van der Waals surface area contributed by atoms with Crippen molar-refractivity contribution in [1.82, 2.24) is 0 Å². The summed E-state index contributed by atoms with van der Waals surface area (Å²) in [4.78, 5) is 0. The van der Waals surface area contributed by atoms with Gasteiger partial charge in [-0.15, -0.1) is 11.6 Å². The van der Waals surface area contributed by atoms with E-state index in [1.165, 1.54) is 0 Å². The molecular weight excluding hydrogens is 295 g/mol. The Kier molecular flexibility index (Phi) is 4.79. The summed E-state index contributed by atoms with van der Waals surface area (Å²) in [5, 5.41) is 0.328. The lowest BCUT2D eigenvalue weighted by Gasteiger charge is -2.17. The molecule has 0 saturated heterocycles. The fourth-order valence-corrected chi connectivity index (χ4v) is 2.71. The summed E-state index contributed by atoms with van der Waals surface area (Å²) in [5.41, 5.74) is 2.99. The van der Waals surface area contributed by atoms with E-state index in [-0.39, 0.29) is 5.38 Å². The summed E-state index contributed by atoms with van der Waals surface area (Å²) in [7, 11) is 3.26. The van der Waals surface area contributed by atoms with Crippen LogP contribution in [0.1, 0.15) is 22.1 Å². The number of halogens is 2. The van der Waals surface area contributed by atoms with Gasteiger partial charge >= 0.3 is 0 Å². The van der Waals surface area contributed by atoms with E-state index in [1.54, 1.807) is 20.3 Å². The Labute approximate surface area is 129 Å². The average Bonchev–Trinajstić information content (AvgIpc) is 2.46. The third-order valence-corrected chi connectivity index (χ3v) is 3.92. The summed E-state index contributed by atoms with van der Waals surface area (Å²) in [6.45, 7) is 2.01. The highest BCUT2D eigenvalue weighted by Gasteiger charge is 2.18. The summed E-state index contributed by atoms with van der Waals surface area (Å²) in [5.74, 6) is 1.51. The van der Waals surface area contributed by atoms with Crippen LogP contribution in [-0.4, -0.2) is 14.2 Å². The van der Waals surface area contributed by atoms with Crippen molar-refractivity contribution in [3.8, 4) is 11.5 Å². The van der Waals surface area contributed by atoms with Crippen molar-refractivity contribution in [1.29, 1.82) is 0 Å². The molecular formula is C16H16Cl2O2. The van der Waals surface area contributed by atoms with Gasteiger partial charge in [-0.25, -0.2) is 0 Å². The molecule has 1 unspecified atom stereocenters. The summed E-state index contributed by atoms with van der Waals surface area (Å²) >= 11 is 12.6. The quantitative estimate of drug-likeness (QED) is 0.740. The number of benzene rings is 2. The molecule has 0 amide bonds. The molecule has 0 aromatic heterocycles. The maximum atomic E-state index is 6.60. The molecule has 2 aromatic rings. The molecule has 0 bridgehead atoms. The molecule has 0 N–H and O–H groups in total. The molecule has 0 spiro atoms. The lowest BCUT2D eigenvalue weighted by Crippen LogP contribution is -2.00. The number of rotatable bonds is 4. The monoisotopic (exact) mass is 310 g/mol. The minimum atomic E-state index is -0.298. The van der Waals surface area contributed by atoms with Crippen LogP contribution in [0.5, 0.6) is 11.5 Å². The average molecular weight is 311 g/mol. The highest BCUT2D eigenvalue weighted by Crippen LogP contribution is 2.38. The second-order valence-corrected chi connectivity index (χ2v) is 5.34. The van der Waals surface area contributed by atoms with Gasteiger partial charge in [-0.1, -0.05) is 23.7 Å². The number of ether oxygens (including phenoxy) is 2. The molecule has 0 fully saturated rings. The third kappa shape index (κ3) is 3.02. The van der Waals surface area contributed by atoms with Gasteiger partial charge in [0.05, 0.1) is 19.6 Å². The van der Waals surface area contributed by atoms with Crippen LogP contribution in [-0.2, 0) is 0 Å². The van der Waals surface area contributed by atoms with Crippen molar-refractivity contribution in [2.45, 2.75) is 12.3 Å². The van der Waals surface area contributed by atoms with Crippen molar-refractivity contribution in [2.75, 3.05) is 14.2 Å². The van der Waals surface area contributed by atoms with Crippen LogP contribution < -0.4 is 9.47 Å². The van der Waals surface area contributed by atoms with Crippen LogP contribution in [0.25, 0.3) is 0 Å². The van der Waals surface area contributed by atoms with E-state index in [0.29, 0.717) is 10.8 Å². The van der Waals surface area contributed by atoms with Crippen molar-refractivity contribution in [3.05, 3.63) is 58.1 Å². The van der Waals surface area contributed by atoms with Gasteiger partial charge in [0.2, 0.25) is 0 Å². The Bertz CT molecular complexity index is 611. The SMILES string of the molecule is COc1ccc(C(Cl)c2ccc(Cl)cc2OC)c(C)c1. The zero-order chi connectivity index (χ0) is 14.7. The molecule has 2 rings (SSSR count). The van der Waals surface area contributed by atoms with Crippen LogP contribution in [0.3, 0.4) is 0 Å². The molecule has 0 aliphatic carbocycles. The molecule has 2 nitrogen and oxygen atoms in total. The largest absolute Gasteiger partial charge is 0.497 e. The highest BCUT2D eigenvalue weighted by atomic mass is 35.5. The minimum absolute atomic E-state index is 0.298. The highest BCUT2D eigenvalue weighted by molar-refractivity contribution is 6.30. The fourth-order valence-electron chi connectivity index (χ4n) is 2.12. The van der Waals surface area contributed by atoms with Crippen molar-refractivity contribution in [3.63, 3.8) is 0 Å². The first-order valence-corrected chi connectivity index (χ1v) is 7.00. The summed E-state index contributed by atoms with van der Waals surface area (Å²) in [6, 6.07) is 11.3. The first kappa shape index (κ1) is 15.0. The van der Waals surface area contributed by atoms with Gasteiger partial charge in [0, 0.05) is 10.6 Å². The molecule has 20 heavy (non-hydrogen) atoms. The Hall–Kier alpha value is -1.38. The van der Waals surface area contributed by atoms with E-state index in [4.69, 9.17) is 32.7 Å². The van der Waals surface area contributed by atoms with Gasteiger partial charge in [-0.2, -0.15) is 0 Å². The lowest BCUT2D eigenvalue weighted by molar-refractivity contribution is 0.410. The van der Waals surface area contributed by atoms with Crippen LogP contribution in [0.15, 0.2) is 36.4 Å². The van der Waals surface area contributed by atoms with Crippen molar-refractivity contribution >= 4 is 23.2 Å². The number of methoxy groups -OCH3 is 2. The number of aryl methyl sites for hydroxylation is 1. The van der Waals surface area contributed by atoms with Gasteiger partial charge in [-0.3, -0.25) is 0 Å². The van der Waals surface area contributed by atoms with Crippen LogP contribution in [0.4, 0.5) is 0 Å². The molecule has 1 atom stereocenters. The second kappa shape index (κ2) is 6.38. The van der Waals surface area contributed by atoms with E-state index >= 15 is 0 Å². The fraction of sp³-hybridized carbons (Fsp3) is 0.250. The van der Waals surface area contributed by atoms with E-state index in [2.05, 4.69) is 0 Å². The molecule has 106 valence electrons. The molecule has 0 heterocycles. The first-order valence-electron chi connectivity index (χ1n) is 6.19. The molecule has 0 aliphatic heterocycles. The standard InChI is InChI=1S/C16H16Cl2O2/c1-10-8-12(19-2)5-7-13(10)16(18)14-6-4-11(17)9-15(14)20-3/h4-9,16H,1-3H3. The summed E-state index contributed by atoms with van der Waals surface area (Å²) in [6.07, 6.45) is 0. The van der Waals surface area contributed by atoms with Crippen molar-refractivity contribution < 1.29 is 9.47 Å². The molecule has 0 saturated carbocycles. The maximum absolute atomic E-state index is 6.60. The minimum Gasteiger partial charge on any atom is -0.497 e. The van der Waals surface area contributed by atoms with Crippen LogP contribution in [0, 0.1) is 6.92 Å². The molecule has 0 aliphatic rings. The Morgan fingerprint density at radius 1 is 0.950 bits per heavy atom. The van der Waals surface area contributed by atoms with Gasteiger partial charge < -0.3 is 9.47 Å². The number of hydrogen-bond acceptors (Lipinski definition) is 2. The lowest BCUT2D eigenvalue weighted by atomic mass is 9.99. The summed E-state index contributed by atoms with van der Waals surface area (Å²) < 4.78 is 10.6. The molecule has 4 heteroatoms.